The van der Waals surface area contributed by atoms with Crippen molar-refractivity contribution < 1.29 is 19.4 Å². The van der Waals surface area contributed by atoms with E-state index in [0.717, 1.165) is 0 Å². The lowest BCUT2D eigenvalue weighted by Crippen LogP contribution is -2.13. The number of aromatic nitrogens is 4. The van der Waals surface area contributed by atoms with Crippen LogP contribution in [0.2, 0.25) is 0 Å². The van der Waals surface area contributed by atoms with Gasteiger partial charge in [0.05, 0.1) is 31.0 Å². The van der Waals surface area contributed by atoms with E-state index in [9.17, 15) is 9.59 Å². The molecule has 9 nitrogen and oxygen atoms in total. The first-order valence-corrected chi connectivity index (χ1v) is 6.75. The Hall–Kier alpha value is -2.68. The minimum Gasteiger partial charge on any atom is -0.481 e. The van der Waals surface area contributed by atoms with Gasteiger partial charge in [0.1, 0.15) is 6.73 Å². The van der Waals surface area contributed by atoms with Crippen molar-refractivity contribution in [1.82, 2.24) is 19.6 Å². The predicted molar refractivity (Wildman–Crippen MR) is 76.3 cm³/mol. The highest BCUT2D eigenvalue weighted by atomic mass is 16.5. The summed E-state index contributed by atoms with van der Waals surface area (Å²) in [4.78, 5) is 22.5. The summed E-state index contributed by atoms with van der Waals surface area (Å²) in [6, 6.07) is 1.53. The Morgan fingerprint density at radius 1 is 1.41 bits per heavy atom. The zero-order chi connectivity index (χ0) is 15.9. The Morgan fingerprint density at radius 3 is 2.95 bits per heavy atom. The van der Waals surface area contributed by atoms with Crippen LogP contribution in [0, 0.1) is 0 Å². The van der Waals surface area contributed by atoms with Crippen LogP contribution in [0.3, 0.4) is 0 Å². The van der Waals surface area contributed by atoms with Crippen LogP contribution in [0.4, 0.5) is 5.69 Å². The van der Waals surface area contributed by atoms with Crippen LogP contribution in [0.1, 0.15) is 23.8 Å². The second-order valence-electron chi connectivity index (χ2n) is 4.45. The fourth-order valence-corrected chi connectivity index (χ4v) is 1.70. The van der Waals surface area contributed by atoms with Crippen LogP contribution in [0.25, 0.3) is 0 Å². The van der Waals surface area contributed by atoms with Crippen molar-refractivity contribution in [2.24, 2.45) is 0 Å². The Morgan fingerprint density at radius 2 is 2.23 bits per heavy atom. The van der Waals surface area contributed by atoms with Crippen molar-refractivity contribution in [1.29, 1.82) is 0 Å². The molecule has 0 fully saturated rings. The van der Waals surface area contributed by atoms with Gasteiger partial charge >= 0.3 is 5.97 Å². The van der Waals surface area contributed by atoms with Gasteiger partial charge in [-0.25, -0.2) is 4.68 Å². The highest BCUT2D eigenvalue weighted by Gasteiger charge is 2.11. The van der Waals surface area contributed by atoms with E-state index in [2.05, 4.69) is 15.5 Å². The van der Waals surface area contributed by atoms with Gasteiger partial charge in [0.25, 0.3) is 5.91 Å². The van der Waals surface area contributed by atoms with E-state index in [0.29, 0.717) is 19.0 Å². The molecule has 0 saturated carbocycles. The molecule has 0 aliphatic carbocycles. The van der Waals surface area contributed by atoms with Gasteiger partial charge in [-0.2, -0.15) is 10.2 Å². The Bertz CT molecular complexity index is 648. The van der Waals surface area contributed by atoms with Crippen molar-refractivity contribution in [2.45, 2.75) is 26.6 Å². The zero-order valence-corrected chi connectivity index (χ0v) is 12.1. The molecule has 0 aromatic carbocycles. The summed E-state index contributed by atoms with van der Waals surface area (Å²) in [6.45, 7) is 2.99. The van der Waals surface area contributed by atoms with Crippen molar-refractivity contribution in [2.75, 3.05) is 11.9 Å². The van der Waals surface area contributed by atoms with Gasteiger partial charge in [0.15, 0.2) is 5.69 Å². The standard InChI is InChI=1S/C13H17N5O4/c1-2-22-9-18-8-10(7-14-18)15-13(21)11-3-5-17(16-11)6-4-12(19)20/h3,5,7-8H,2,4,6,9H2,1H3,(H,15,21)(H,19,20). The lowest BCUT2D eigenvalue weighted by molar-refractivity contribution is -0.137. The maximum atomic E-state index is 12.0. The second kappa shape index (κ2) is 7.36. The number of ether oxygens (including phenoxy) is 1. The number of anilines is 1. The molecule has 0 radical (unpaired) electrons. The zero-order valence-electron chi connectivity index (χ0n) is 12.1. The molecule has 9 heteroatoms. The van der Waals surface area contributed by atoms with Gasteiger partial charge in [-0.1, -0.05) is 0 Å². The molecule has 0 unspecified atom stereocenters. The first-order valence-electron chi connectivity index (χ1n) is 6.75. The molecule has 2 aromatic heterocycles. The number of carboxylic acids is 1. The summed E-state index contributed by atoms with van der Waals surface area (Å²) in [5.74, 6) is -1.30. The van der Waals surface area contributed by atoms with E-state index in [1.807, 2.05) is 6.92 Å². The molecule has 0 atom stereocenters. The molecule has 0 aliphatic heterocycles. The number of nitrogens with one attached hydrogen (secondary N) is 1. The summed E-state index contributed by atoms with van der Waals surface area (Å²) in [5, 5.41) is 19.3. The highest BCUT2D eigenvalue weighted by Crippen LogP contribution is 2.07. The maximum absolute atomic E-state index is 12.0. The van der Waals surface area contributed by atoms with E-state index in [1.54, 1.807) is 17.1 Å². The Kier molecular flexibility index (Phi) is 5.26. The normalized spacial score (nSPS) is 10.6. The first-order chi connectivity index (χ1) is 10.6. The number of carbonyl (C=O) groups is 2. The number of aliphatic carboxylic acids is 1. The van der Waals surface area contributed by atoms with E-state index in [4.69, 9.17) is 9.84 Å². The van der Waals surface area contributed by atoms with E-state index >= 15 is 0 Å². The SMILES string of the molecule is CCOCn1cc(NC(=O)c2ccn(CCC(=O)O)n2)cn1. The number of hydrogen-bond acceptors (Lipinski definition) is 5. The third-order valence-corrected chi connectivity index (χ3v) is 2.75. The predicted octanol–water partition coefficient (Wildman–Crippen LogP) is 0.801. The van der Waals surface area contributed by atoms with Crippen LogP contribution >= 0.6 is 0 Å². The van der Waals surface area contributed by atoms with Crippen LogP contribution in [-0.4, -0.2) is 43.2 Å². The minimum atomic E-state index is -0.914. The number of amides is 1. The first kappa shape index (κ1) is 15.7. The minimum absolute atomic E-state index is 0.0487. The molecule has 0 spiro atoms. The lowest BCUT2D eigenvalue weighted by Gasteiger charge is -2.01. The number of carbonyl (C=O) groups excluding carboxylic acids is 1. The van der Waals surface area contributed by atoms with Gasteiger partial charge in [-0.3, -0.25) is 14.3 Å². The Labute approximate surface area is 126 Å². The summed E-state index contributed by atoms with van der Waals surface area (Å²) < 4.78 is 8.17. The van der Waals surface area contributed by atoms with Gasteiger partial charge in [-0.15, -0.1) is 0 Å². The monoisotopic (exact) mass is 307 g/mol. The average Bonchev–Trinajstić information content (AvgIpc) is 3.12. The highest BCUT2D eigenvalue weighted by molar-refractivity contribution is 6.02. The summed E-state index contributed by atoms with van der Waals surface area (Å²) in [7, 11) is 0. The molecule has 2 N–H and O–H groups in total. The van der Waals surface area contributed by atoms with Crippen LogP contribution < -0.4 is 5.32 Å². The number of hydrogen-bond donors (Lipinski definition) is 2. The molecule has 0 aliphatic rings. The van der Waals surface area contributed by atoms with Crippen molar-refractivity contribution in [3.8, 4) is 0 Å². The van der Waals surface area contributed by atoms with Crippen LogP contribution in [0.5, 0.6) is 0 Å². The largest absolute Gasteiger partial charge is 0.481 e. The molecule has 22 heavy (non-hydrogen) atoms. The molecule has 2 heterocycles. The molecule has 0 bridgehead atoms. The number of carboxylic acid groups (broad SMARTS) is 1. The van der Waals surface area contributed by atoms with Crippen molar-refractivity contribution in [3.05, 3.63) is 30.4 Å². The maximum Gasteiger partial charge on any atom is 0.305 e. The fraction of sp³-hybridized carbons (Fsp3) is 0.385. The quantitative estimate of drug-likeness (QED) is 0.746. The molecule has 2 rings (SSSR count). The number of aryl methyl sites for hydroxylation is 1. The fourth-order valence-electron chi connectivity index (χ4n) is 1.70. The molecule has 1 amide bonds. The van der Waals surface area contributed by atoms with Crippen LogP contribution in [0.15, 0.2) is 24.7 Å². The Balaban J connectivity index is 1.91. The number of rotatable bonds is 8. The molecule has 2 aromatic rings. The number of nitrogens with zero attached hydrogens (tertiary/aromatic N) is 4. The van der Waals surface area contributed by atoms with Gasteiger partial charge in [0, 0.05) is 12.8 Å². The van der Waals surface area contributed by atoms with Crippen LogP contribution in [-0.2, 0) is 22.8 Å². The molecule has 0 saturated heterocycles. The summed E-state index contributed by atoms with van der Waals surface area (Å²) >= 11 is 0. The second-order valence-corrected chi connectivity index (χ2v) is 4.45. The smallest absolute Gasteiger partial charge is 0.305 e. The van der Waals surface area contributed by atoms with Gasteiger partial charge in [-0.05, 0) is 13.0 Å². The van der Waals surface area contributed by atoms with Gasteiger partial charge in [0.2, 0.25) is 0 Å². The summed E-state index contributed by atoms with van der Waals surface area (Å²) in [6.07, 6.45) is 4.68. The van der Waals surface area contributed by atoms with Crippen molar-refractivity contribution in [3.63, 3.8) is 0 Å². The van der Waals surface area contributed by atoms with E-state index in [1.165, 1.54) is 16.9 Å². The average molecular weight is 307 g/mol. The van der Waals surface area contributed by atoms with Crippen molar-refractivity contribution >= 4 is 17.6 Å². The third-order valence-electron chi connectivity index (χ3n) is 2.75. The summed E-state index contributed by atoms with van der Waals surface area (Å²) in [5.41, 5.74) is 0.743. The third kappa shape index (κ3) is 4.42. The lowest BCUT2D eigenvalue weighted by atomic mass is 10.4. The van der Waals surface area contributed by atoms with E-state index < -0.39 is 5.97 Å². The molecular formula is C13H17N5O4. The van der Waals surface area contributed by atoms with Gasteiger partial charge < -0.3 is 15.2 Å². The molecular weight excluding hydrogens is 290 g/mol. The topological polar surface area (TPSA) is 111 Å². The van der Waals surface area contributed by atoms with E-state index in [-0.39, 0.29) is 24.6 Å². The molecule has 118 valence electrons.